The van der Waals surface area contributed by atoms with Crippen molar-refractivity contribution in [3.63, 3.8) is 0 Å². The van der Waals surface area contributed by atoms with Gasteiger partial charge in [-0.3, -0.25) is 5.01 Å². The minimum absolute atomic E-state index is 0.300. The van der Waals surface area contributed by atoms with Gasteiger partial charge in [0.05, 0.1) is 0 Å². The van der Waals surface area contributed by atoms with Gasteiger partial charge in [0.2, 0.25) is 0 Å². The zero-order valence-electron chi connectivity index (χ0n) is 8.33. The molecule has 0 bridgehead atoms. The summed E-state index contributed by atoms with van der Waals surface area (Å²) in [6, 6.07) is 0.750. The lowest BCUT2D eigenvalue weighted by atomic mass is 10.2. The molecule has 2 atom stereocenters. The fraction of sp³-hybridized carbons (Fsp3) is 0.778. The molecule has 4 nitrogen and oxygen atoms in total. The first kappa shape index (κ1) is 8.84. The normalized spacial score (nSPS) is 34.2. The third kappa shape index (κ3) is 1.64. The molecular formula is C9H18N4. The van der Waals surface area contributed by atoms with Crippen molar-refractivity contribution in [2.45, 2.75) is 25.4 Å². The van der Waals surface area contributed by atoms with Gasteiger partial charge in [-0.25, -0.2) is 5.43 Å². The van der Waals surface area contributed by atoms with Crippen LogP contribution >= 0.6 is 0 Å². The first-order chi connectivity index (χ1) is 6.16. The van der Waals surface area contributed by atoms with Gasteiger partial charge in [-0.05, 0) is 19.4 Å². The molecule has 2 unspecified atom stereocenters. The summed E-state index contributed by atoms with van der Waals surface area (Å²) in [6.07, 6.45) is 3.30. The van der Waals surface area contributed by atoms with E-state index >= 15 is 0 Å². The molecule has 1 fully saturated rings. The predicted octanol–water partition coefficient (Wildman–Crippen LogP) is -0.301. The maximum absolute atomic E-state index is 5.94. The lowest BCUT2D eigenvalue weighted by molar-refractivity contribution is 0.214. The lowest BCUT2D eigenvalue weighted by Gasteiger charge is -2.26. The Bertz CT molecular complexity index is 226. The molecule has 1 saturated heterocycles. The number of hydrogen-bond acceptors (Lipinski definition) is 4. The molecule has 0 aromatic rings. The second-order valence-electron chi connectivity index (χ2n) is 4.02. The van der Waals surface area contributed by atoms with Crippen LogP contribution in [0.4, 0.5) is 0 Å². The molecule has 2 aliphatic rings. The monoisotopic (exact) mass is 182 g/mol. The van der Waals surface area contributed by atoms with Crippen LogP contribution in [0.25, 0.3) is 0 Å². The van der Waals surface area contributed by atoms with Crippen molar-refractivity contribution in [1.82, 2.24) is 15.3 Å². The summed E-state index contributed by atoms with van der Waals surface area (Å²) in [4.78, 5) is 2.23. The molecule has 0 aliphatic carbocycles. The molecule has 13 heavy (non-hydrogen) atoms. The molecule has 2 aliphatic heterocycles. The van der Waals surface area contributed by atoms with E-state index in [1.54, 1.807) is 0 Å². The van der Waals surface area contributed by atoms with Gasteiger partial charge in [0.15, 0.2) is 0 Å². The maximum atomic E-state index is 5.94. The fourth-order valence-electron chi connectivity index (χ4n) is 2.01. The van der Waals surface area contributed by atoms with Crippen molar-refractivity contribution in [1.29, 1.82) is 0 Å². The van der Waals surface area contributed by atoms with E-state index in [1.165, 1.54) is 5.82 Å². The van der Waals surface area contributed by atoms with Crippen LogP contribution in [0.3, 0.4) is 0 Å². The first-order valence-corrected chi connectivity index (χ1v) is 4.89. The van der Waals surface area contributed by atoms with Crippen molar-refractivity contribution in [3.05, 3.63) is 11.9 Å². The average Bonchev–Trinajstić information content (AvgIpc) is 2.38. The van der Waals surface area contributed by atoms with Crippen LogP contribution in [0.5, 0.6) is 0 Å². The van der Waals surface area contributed by atoms with Crippen LogP contribution in [-0.2, 0) is 0 Å². The summed E-state index contributed by atoms with van der Waals surface area (Å²) in [6.45, 7) is 4.13. The molecular weight excluding hydrogens is 164 g/mol. The standard InChI is InChI=1S/C9H18N4/c1-7-5-9-12(2)6-8(10)3-4-13(9)11-7/h5,7-8,11H,3-4,6,10H2,1-2H3. The highest BCUT2D eigenvalue weighted by Gasteiger charge is 2.26. The van der Waals surface area contributed by atoms with Gasteiger partial charge < -0.3 is 10.6 Å². The molecule has 0 saturated carbocycles. The molecule has 0 spiro atoms. The van der Waals surface area contributed by atoms with Crippen LogP contribution in [0.15, 0.2) is 11.9 Å². The van der Waals surface area contributed by atoms with E-state index in [1.807, 2.05) is 0 Å². The number of nitrogens with one attached hydrogen (secondary N) is 1. The summed E-state index contributed by atoms with van der Waals surface area (Å²) < 4.78 is 0. The molecule has 0 radical (unpaired) electrons. The highest BCUT2D eigenvalue weighted by atomic mass is 15.6. The Hall–Kier alpha value is -0.740. The molecule has 2 rings (SSSR count). The SMILES string of the molecule is CC1C=C2N(C)CC(N)CCN2N1. The van der Waals surface area contributed by atoms with Crippen LogP contribution in [0, 0.1) is 0 Å². The highest BCUT2D eigenvalue weighted by molar-refractivity contribution is 5.10. The summed E-state index contributed by atoms with van der Waals surface area (Å²) in [7, 11) is 2.10. The smallest absolute Gasteiger partial charge is 0.116 e. The second-order valence-corrected chi connectivity index (χ2v) is 4.02. The molecule has 3 N–H and O–H groups in total. The minimum Gasteiger partial charge on any atom is -0.359 e. The number of nitrogens with zero attached hydrogens (tertiary/aromatic N) is 2. The number of nitrogens with two attached hydrogens (primary N) is 1. The number of likely N-dealkylation sites (N-methyl/N-ethyl adjacent to an activating group) is 1. The van der Waals surface area contributed by atoms with Gasteiger partial charge in [0.25, 0.3) is 0 Å². The summed E-state index contributed by atoms with van der Waals surface area (Å²) in [5.41, 5.74) is 9.33. The average molecular weight is 182 g/mol. The Balaban J connectivity index is 2.15. The van der Waals surface area contributed by atoms with E-state index in [2.05, 4.69) is 35.4 Å². The molecule has 74 valence electrons. The second kappa shape index (κ2) is 3.20. The van der Waals surface area contributed by atoms with Crippen molar-refractivity contribution < 1.29 is 0 Å². The van der Waals surface area contributed by atoms with E-state index in [4.69, 9.17) is 5.73 Å². The molecule has 2 heterocycles. The third-order valence-electron chi connectivity index (χ3n) is 2.66. The number of fused-ring (bicyclic) bond motifs is 1. The van der Waals surface area contributed by atoms with Crippen LogP contribution in [-0.4, -0.2) is 42.1 Å². The maximum Gasteiger partial charge on any atom is 0.116 e. The zero-order valence-corrected chi connectivity index (χ0v) is 8.33. The van der Waals surface area contributed by atoms with Crippen molar-refractivity contribution >= 4 is 0 Å². The Morgan fingerprint density at radius 3 is 3.15 bits per heavy atom. The zero-order chi connectivity index (χ0) is 9.42. The largest absolute Gasteiger partial charge is 0.359 e. The minimum atomic E-state index is 0.300. The van der Waals surface area contributed by atoms with E-state index in [-0.39, 0.29) is 0 Å². The number of rotatable bonds is 0. The van der Waals surface area contributed by atoms with Gasteiger partial charge >= 0.3 is 0 Å². The molecule has 0 aromatic heterocycles. The van der Waals surface area contributed by atoms with Gasteiger partial charge in [-0.2, -0.15) is 0 Å². The van der Waals surface area contributed by atoms with E-state index in [0.717, 1.165) is 19.5 Å². The Morgan fingerprint density at radius 1 is 1.62 bits per heavy atom. The fourth-order valence-corrected chi connectivity index (χ4v) is 2.01. The Morgan fingerprint density at radius 2 is 2.38 bits per heavy atom. The molecule has 0 aromatic carbocycles. The van der Waals surface area contributed by atoms with Crippen LogP contribution < -0.4 is 11.2 Å². The van der Waals surface area contributed by atoms with Crippen molar-refractivity contribution in [3.8, 4) is 0 Å². The highest BCUT2D eigenvalue weighted by Crippen LogP contribution is 2.18. The van der Waals surface area contributed by atoms with E-state index in [9.17, 15) is 0 Å². The van der Waals surface area contributed by atoms with Crippen molar-refractivity contribution in [2.24, 2.45) is 5.73 Å². The third-order valence-corrected chi connectivity index (χ3v) is 2.66. The van der Waals surface area contributed by atoms with E-state index < -0.39 is 0 Å². The first-order valence-electron chi connectivity index (χ1n) is 4.89. The number of hydrogen-bond donors (Lipinski definition) is 2. The predicted molar refractivity (Wildman–Crippen MR) is 52.6 cm³/mol. The van der Waals surface area contributed by atoms with Crippen molar-refractivity contribution in [2.75, 3.05) is 20.1 Å². The summed E-state index contributed by atoms with van der Waals surface area (Å²) >= 11 is 0. The molecule has 0 amide bonds. The quantitative estimate of drug-likeness (QED) is 0.540. The van der Waals surface area contributed by atoms with Gasteiger partial charge in [-0.15, -0.1) is 0 Å². The summed E-state index contributed by atoms with van der Waals surface area (Å²) in [5.74, 6) is 1.28. The molecule has 4 heteroatoms. The van der Waals surface area contributed by atoms with Gasteiger partial charge in [0, 0.05) is 32.2 Å². The topological polar surface area (TPSA) is 44.5 Å². The number of hydrazine groups is 1. The van der Waals surface area contributed by atoms with E-state index in [0.29, 0.717) is 12.1 Å². The Kier molecular flexibility index (Phi) is 2.17. The Labute approximate surface area is 79.3 Å². The van der Waals surface area contributed by atoms with Crippen LogP contribution in [0.1, 0.15) is 13.3 Å². The van der Waals surface area contributed by atoms with Gasteiger partial charge in [-0.1, -0.05) is 0 Å². The van der Waals surface area contributed by atoms with Gasteiger partial charge in [0.1, 0.15) is 5.82 Å². The van der Waals surface area contributed by atoms with Crippen LogP contribution in [0.2, 0.25) is 0 Å². The lowest BCUT2D eigenvalue weighted by Crippen LogP contribution is -2.38. The summed E-state index contributed by atoms with van der Waals surface area (Å²) in [5, 5.41) is 2.21.